The number of nitrogens with one attached hydrogen (secondary N) is 1. The molecule has 3 nitrogen and oxygen atoms in total. The van der Waals surface area contributed by atoms with Gasteiger partial charge >= 0.3 is 0 Å². The van der Waals surface area contributed by atoms with Crippen molar-refractivity contribution in [1.82, 2.24) is 0 Å². The van der Waals surface area contributed by atoms with E-state index in [1.807, 2.05) is 86.6 Å². The van der Waals surface area contributed by atoms with Crippen LogP contribution >= 0.6 is 0 Å². The van der Waals surface area contributed by atoms with Crippen molar-refractivity contribution in [2.75, 3.05) is 5.32 Å². The van der Waals surface area contributed by atoms with Gasteiger partial charge in [0.05, 0.1) is 0 Å². The Bertz CT molecular complexity index is 839. The summed E-state index contributed by atoms with van der Waals surface area (Å²) in [7, 11) is 0. The van der Waals surface area contributed by atoms with E-state index in [0.29, 0.717) is 5.56 Å². The van der Waals surface area contributed by atoms with Gasteiger partial charge in [0, 0.05) is 11.3 Å². The lowest BCUT2D eigenvalue weighted by Gasteiger charge is -2.10. The van der Waals surface area contributed by atoms with Crippen molar-refractivity contribution in [3.8, 4) is 11.5 Å². The van der Waals surface area contributed by atoms with Crippen LogP contribution in [0.25, 0.3) is 0 Å². The highest BCUT2D eigenvalue weighted by Gasteiger charge is 2.09. The van der Waals surface area contributed by atoms with Crippen LogP contribution in [-0.2, 0) is 0 Å². The minimum atomic E-state index is -0.107. The van der Waals surface area contributed by atoms with E-state index in [9.17, 15) is 4.79 Å². The lowest BCUT2D eigenvalue weighted by molar-refractivity contribution is 0.102. The Kier molecular flexibility index (Phi) is 4.62. The van der Waals surface area contributed by atoms with Gasteiger partial charge in [-0.25, -0.2) is 0 Å². The van der Waals surface area contributed by atoms with Crippen molar-refractivity contribution in [1.29, 1.82) is 0 Å². The molecule has 120 valence electrons. The van der Waals surface area contributed by atoms with E-state index in [0.717, 1.165) is 28.3 Å². The molecule has 0 fully saturated rings. The molecule has 3 rings (SSSR count). The van der Waals surface area contributed by atoms with Crippen LogP contribution in [0.1, 0.15) is 21.5 Å². The molecule has 0 aliphatic heterocycles. The maximum absolute atomic E-state index is 12.4. The number of carbonyl (C=O) groups excluding carboxylic acids is 1. The van der Waals surface area contributed by atoms with E-state index >= 15 is 0 Å². The topological polar surface area (TPSA) is 38.3 Å². The fraction of sp³-hybridized carbons (Fsp3) is 0.0952. The maximum Gasteiger partial charge on any atom is 0.255 e. The Morgan fingerprint density at radius 2 is 1.50 bits per heavy atom. The van der Waals surface area contributed by atoms with Crippen LogP contribution in [-0.4, -0.2) is 5.91 Å². The summed E-state index contributed by atoms with van der Waals surface area (Å²) in [4.78, 5) is 12.4. The van der Waals surface area contributed by atoms with Crippen LogP contribution in [0, 0.1) is 13.8 Å². The number of rotatable bonds is 4. The number of hydrogen-bond donors (Lipinski definition) is 1. The Morgan fingerprint density at radius 1 is 0.833 bits per heavy atom. The highest BCUT2D eigenvalue weighted by atomic mass is 16.5. The molecular formula is C21H19NO2. The summed E-state index contributed by atoms with van der Waals surface area (Å²) in [6, 6.07) is 22.7. The first kappa shape index (κ1) is 15.8. The molecule has 0 aliphatic rings. The molecule has 0 saturated heterocycles. The van der Waals surface area contributed by atoms with Crippen molar-refractivity contribution in [3.63, 3.8) is 0 Å². The third kappa shape index (κ3) is 3.82. The molecule has 0 saturated carbocycles. The molecule has 0 spiro atoms. The highest BCUT2D eigenvalue weighted by molar-refractivity contribution is 6.05. The van der Waals surface area contributed by atoms with Crippen molar-refractivity contribution in [2.24, 2.45) is 0 Å². The second-order valence-corrected chi connectivity index (χ2v) is 5.71. The number of ether oxygens (including phenoxy) is 1. The van der Waals surface area contributed by atoms with E-state index in [-0.39, 0.29) is 5.91 Å². The van der Waals surface area contributed by atoms with E-state index in [2.05, 4.69) is 5.32 Å². The van der Waals surface area contributed by atoms with E-state index < -0.39 is 0 Å². The molecule has 3 heteroatoms. The summed E-state index contributed by atoms with van der Waals surface area (Å²) in [6.07, 6.45) is 0. The Hall–Kier alpha value is -3.07. The number of anilines is 1. The zero-order valence-electron chi connectivity index (χ0n) is 13.7. The molecule has 1 amide bonds. The van der Waals surface area contributed by atoms with Crippen LogP contribution in [0.5, 0.6) is 11.5 Å². The fourth-order valence-corrected chi connectivity index (χ4v) is 2.50. The van der Waals surface area contributed by atoms with Crippen molar-refractivity contribution < 1.29 is 9.53 Å². The molecule has 3 aromatic rings. The van der Waals surface area contributed by atoms with Gasteiger partial charge in [-0.05, 0) is 61.9 Å². The first-order valence-electron chi connectivity index (χ1n) is 7.83. The SMILES string of the molecule is Cc1ccc(C(=O)Nc2ccc(Oc3ccccc3)cc2)c(C)c1. The summed E-state index contributed by atoms with van der Waals surface area (Å²) in [5, 5.41) is 2.92. The van der Waals surface area contributed by atoms with Gasteiger partial charge < -0.3 is 10.1 Å². The largest absolute Gasteiger partial charge is 0.457 e. The van der Waals surface area contributed by atoms with Gasteiger partial charge in [0.2, 0.25) is 0 Å². The third-order valence-electron chi connectivity index (χ3n) is 3.72. The third-order valence-corrected chi connectivity index (χ3v) is 3.72. The molecule has 1 N–H and O–H groups in total. The molecule has 0 bridgehead atoms. The van der Waals surface area contributed by atoms with Crippen molar-refractivity contribution in [2.45, 2.75) is 13.8 Å². The summed E-state index contributed by atoms with van der Waals surface area (Å²) in [5.74, 6) is 1.40. The molecule has 0 aromatic heterocycles. The van der Waals surface area contributed by atoms with Gasteiger partial charge in [0.25, 0.3) is 5.91 Å². The monoisotopic (exact) mass is 317 g/mol. The maximum atomic E-state index is 12.4. The summed E-state index contributed by atoms with van der Waals surface area (Å²) < 4.78 is 5.74. The van der Waals surface area contributed by atoms with Crippen molar-refractivity contribution >= 4 is 11.6 Å². The molecule has 0 radical (unpaired) electrons. The summed E-state index contributed by atoms with van der Waals surface area (Å²) >= 11 is 0. The van der Waals surface area contributed by atoms with Crippen LogP contribution in [0.4, 0.5) is 5.69 Å². The van der Waals surface area contributed by atoms with Gasteiger partial charge in [0.15, 0.2) is 0 Å². The molecule has 0 atom stereocenters. The Morgan fingerprint density at radius 3 is 2.17 bits per heavy atom. The minimum Gasteiger partial charge on any atom is -0.457 e. The average Bonchev–Trinajstić information content (AvgIpc) is 2.57. The van der Waals surface area contributed by atoms with Crippen LogP contribution < -0.4 is 10.1 Å². The normalized spacial score (nSPS) is 10.2. The predicted molar refractivity (Wildman–Crippen MR) is 96.8 cm³/mol. The molecule has 24 heavy (non-hydrogen) atoms. The standard InChI is InChI=1S/C21H19NO2/c1-15-8-13-20(16(2)14-15)21(23)22-17-9-11-19(12-10-17)24-18-6-4-3-5-7-18/h3-14H,1-2H3,(H,22,23). The average molecular weight is 317 g/mol. The van der Waals surface area contributed by atoms with Gasteiger partial charge in [0.1, 0.15) is 11.5 Å². The van der Waals surface area contributed by atoms with Gasteiger partial charge in [-0.1, -0.05) is 35.9 Å². The number of para-hydroxylation sites is 1. The van der Waals surface area contributed by atoms with Gasteiger partial charge in [-0.15, -0.1) is 0 Å². The summed E-state index contributed by atoms with van der Waals surface area (Å²) in [6.45, 7) is 3.96. The summed E-state index contributed by atoms with van der Waals surface area (Å²) in [5.41, 5.74) is 3.54. The van der Waals surface area contributed by atoms with Crippen LogP contribution in [0.3, 0.4) is 0 Å². The Labute approximate surface area is 141 Å². The zero-order chi connectivity index (χ0) is 16.9. The number of hydrogen-bond acceptors (Lipinski definition) is 2. The first-order valence-corrected chi connectivity index (χ1v) is 7.83. The van der Waals surface area contributed by atoms with Gasteiger partial charge in [-0.3, -0.25) is 4.79 Å². The van der Waals surface area contributed by atoms with Crippen LogP contribution in [0.2, 0.25) is 0 Å². The lowest BCUT2D eigenvalue weighted by Crippen LogP contribution is -2.13. The molecule has 0 unspecified atom stereocenters. The quantitative estimate of drug-likeness (QED) is 0.704. The molecular weight excluding hydrogens is 298 g/mol. The van der Waals surface area contributed by atoms with Crippen LogP contribution in [0.15, 0.2) is 72.8 Å². The van der Waals surface area contributed by atoms with E-state index in [1.54, 1.807) is 0 Å². The zero-order valence-corrected chi connectivity index (χ0v) is 13.7. The fourth-order valence-electron chi connectivity index (χ4n) is 2.50. The van der Waals surface area contributed by atoms with Crippen molar-refractivity contribution in [3.05, 3.63) is 89.5 Å². The first-order chi connectivity index (χ1) is 11.6. The second kappa shape index (κ2) is 7.01. The minimum absolute atomic E-state index is 0.107. The molecule has 0 aliphatic carbocycles. The number of amides is 1. The number of carbonyl (C=O) groups is 1. The predicted octanol–water partition coefficient (Wildman–Crippen LogP) is 5.35. The smallest absolute Gasteiger partial charge is 0.255 e. The Balaban J connectivity index is 1.68. The molecule has 3 aromatic carbocycles. The number of aryl methyl sites for hydroxylation is 2. The lowest BCUT2D eigenvalue weighted by atomic mass is 10.1. The van der Waals surface area contributed by atoms with E-state index in [1.165, 1.54) is 0 Å². The molecule has 0 heterocycles. The second-order valence-electron chi connectivity index (χ2n) is 5.71. The van der Waals surface area contributed by atoms with Gasteiger partial charge in [-0.2, -0.15) is 0 Å². The highest BCUT2D eigenvalue weighted by Crippen LogP contribution is 2.23. The number of benzene rings is 3. The van der Waals surface area contributed by atoms with E-state index in [4.69, 9.17) is 4.74 Å².